The van der Waals surface area contributed by atoms with Crippen LogP contribution >= 0.6 is 11.3 Å². The summed E-state index contributed by atoms with van der Waals surface area (Å²) < 4.78 is 1.62. The highest BCUT2D eigenvalue weighted by Gasteiger charge is 2.19. The van der Waals surface area contributed by atoms with Gasteiger partial charge in [0.05, 0.1) is 11.7 Å². The molecule has 0 aliphatic rings. The predicted molar refractivity (Wildman–Crippen MR) is 97.4 cm³/mol. The predicted octanol–water partition coefficient (Wildman–Crippen LogP) is 2.76. The maximum absolute atomic E-state index is 12.6. The number of carbonyl (C=O) groups is 1. The summed E-state index contributed by atoms with van der Waals surface area (Å²) >= 11 is 1.65. The lowest BCUT2D eigenvalue weighted by molar-refractivity contribution is -0.122. The summed E-state index contributed by atoms with van der Waals surface area (Å²) in [5, 5.41) is 11.5. The Kier molecular flexibility index (Phi) is 5.23. The number of aromatic nitrogens is 4. The monoisotopic (exact) mass is 355 g/mol. The fourth-order valence-electron chi connectivity index (χ4n) is 2.81. The molecule has 7 heteroatoms. The molecule has 1 N–H and O–H groups in total. The first-order valence-electron chi connectivity index (χ1n) is 8.13. The fraction of sp³-hybridized carbons (Fsp3) is 0.333. The van der Waals surface area contributed by atoms with Crippen LogP contribution in [0.4, 0.5) is 0 Å². The van der Waals surface area contributed by atoms with Crippen molar-refractivity contribution in [2.45, 2.75) is 39.8 Å². The first-order chi connectivity index (χ1) is 12.0. The van der Waals surface area contributed by atoms with Crippen LogP contribution in [0.3, 0.4) is 0 Å². The highest BCUT2D eigenvalue weighted by Crippen LogP contribution is 2.21. The van der Waals surface area contributed by atoms with Crippen LogP contribution in [-0.2, 0) is 17.8 Å². The Balaban J connectivity index is 1.78. The highest BCUT2D eigenvalue weighted by molar-refractivity contribution is 7.07. The Hall–Kier alpha value is -2.54. The lowest BCUT2D eigenvalue weighted by Crippen LogP contribution is -2.34. The summed E-state index contributed by atoms with van der Waals surface area (Å²) in [5.74, 6) is 1.30. The maximum Gasteiger partial charge on any atom is 0.242 e. The van der Waals surface area contributed by atoms with Gasteiger partial charge in [-0.05, 0) is 61.2 Å². The summed E-state index contributed by atoms with van der Waals surface area (Å²) in [4.78, 5) is 21.3. The van der Waals surface area contributed by atoms with Gasteiger partial charge in [-0.1, -0.05) is 6.07 Å². The quantitative estimate of drug-likeness (QED) is 0.738. The van der Waals surface area contributed by atoms with Crippen molar-refractivity contribution in [2.24, 2.45) is 0 Å². The summed E-state index contributed by atoms with van der Waals surface area (Å²) in [5.41, 5.74) is 3.15. The van der Waals surface area contributed by atoms with E-state index >= 15 is 0 Å². The van der Waals surface area contributed by atoms with Crippen molar-refractivity contribution in [1.29, 1.82) is 0 Å². The molecule has 0 spiro atoms. The number of nitrogens with zero attached hydrogens (tertiary/aromatic N) is 4. The Bertz CT molecular complexity index is 856. The van der Waals surface area contributed by atoms with Crippen LogP contribution in [0.2, 0.25) is 0 Å². The molecule has 6 nitrogen and oxygen atoms in total. The minimum absolute atomic E-state index is 0.0988. The third-order valence-electron chi connectivity index (χ3n) is 3.99. The summed E-state index contributed by atoms with van der Waals surface area (Å²) in [7, 11) is 0. The molecule has 0 saturated carbocycles. The average molecular weight is 355 g/mol. The van der Waals surface area contributed by atoms with Crippen molar-refractivity contribution in [3.8, 4) is 0 Å². The van der Waals surface area contributed by atoms with E-state index in [0.29, 0.717) is 12.2 Å². The van der Waals surface area contributed by atoms with E-state index in [1.807, 2.05) is 38.3 Å². The first kappa shape index (κ1) is 17.3. The van der Waals surface area contributed by atoms with Gasteiger partial charge in [0.15, 0.2) is 0 Å². The van der Waals surface area contributed by atoms with Gasteiger partial charge in [-0.15, -0.1) is 0 Å². The molecule has 1 atom stereocenters. The molecule has 0 bridgehead atoms. The topological polar surface area (TPSA) is 72.7 Å². The fourth-order valence-corrected chi connectivity index (χ4v) is 3.49. The Morgan fingerprint density at radius 3 is 2.80 bits per heavy atom. The molecule has 130 valence electrons. The molecule has 3 heterocycles. The van der Waals surface area contributed by atoms with Crippen molar-refractivity contribution in [2.75, 3.05) is 0 Å². The van der Waals surface area contributed by atoms with Gasteiger partial charge >= 0.3 is 0 Å². The van der Waals surface area contributed by atoms with Crippen LogP contribution in [0.25, 0.3) is 0 Å². The zero-order valence-electron chi connectivity index (χ0n) is 14.6. The molecule has 3 aromatic rings. The molecule has 0 aromatic carbocycles. The number of hydrogen-bond acceptors (Lipinski definition) is 5. The summed E-state index contributed by atoms with van der Waals surface area (Å²) in [6.45, 7) is 5.83. The van der Waals surface area contributed by atoms with Gasteiger partial charge in [0.25, 0.3) is 0 Å². The second-order valence-corrected chi connectivity index (χ2v) is 6.81. The molecule has 0 aliphatic heterocycles. The Morgan fingerprint density at radius 1 is 1.32 bits per heavy atom. The van der Waals surface area contributed by atoms with E-state index in [-0.39, 0.29) is 18.5 Å². The van der Waals surface area contributed by atoms with E-state index in [1.54, 1.807) is 22.2 Å². The van der Waals surface area contributed by atoms with Crippen LogP contribution in [0.15, 0.2) is 35.2 Å². The van der Waals surface area contributed by atoms with Gasteiger partial charge in [-0.2, -0.15) is 16.4 Å². The zero-order chi connectivity index (χ0) is 17.8. The average Bonchev–Trinajstić information content (AvgIpc) is 3.17. The van der Waals surface area contributed by atoms with E-state index in [4.69, 9.17) is 0 Å². The molecule has 0 saturated heterocycles. The molecule has 3 rings (SSSR count). The molecule has 1 amide bonds. The van der Waals surface area contributed by atoms with Gasteiger partial charge in [0, 0.05) is 6.20 Å². The van der Waals surface area contributed by atoms with Crippen molar-refractivity contribution in [3.63, 3.8) is 0 Å². The minimum atomic E-state index is -0.173. The van der Waals surface area contributed by atoms with Crippen LogP contribution < -0.4 is 5.32 Å². The second-order valence-electron chi connectivity index (χ2n) is 6.03. The van der Waals surface area contributed by atoms with Gasteiger partial charge in [0.2, 0.25) is 5.91 Å². The zero-order valence-corrected chi connectivity index (χ0v) is 15.4. The van der Waals surface area contributed by atoms with Gasteiger partial charge in [0.1, 0.15) is 18.2 Å². The molecule has 3 aromatic heterocycles. The minimum Gasteiger partial charge on any atom is -0.346 e. The first-order valence-corrected chi connectivity index (χ1v) is 9.07. The molecule has 0 aliphatic carbocycles. The maximum atomic E-state index is 12.6. The summed E-state index contributed by atoms with van der Waals surface area (Å²) in [6.07, 6.45) is 2.47. The van der Waals surface area contributed by atoms with Crippen LogP contribution in [0.5, 0.6) is 0 Å². The number of carbonyl (C=O) groups excluding carboxylic acids is 1. The Labute approximate surface area is 150 Å². The van der Waals surface area contributed by atoms with Crippen LogP contribution in [0, 0.1) is 20.8 Å². The SMILES string of the molecule is Cc1nc(C)n(CC(=O)N[C@H](Cc2ccsc2)c2ncccc2C)n1. The van der Waals surface area contributed by atoms with Gasteiger partial charge in [-0.25, -0.2) is 9.67 Å². The number of amides is 1. The van der Waals surface area contributed by atoms with Gasteiger partial charge < -0.3 is 5.32 Å². The molecular weight excluding hydrogens is 334 g/mol. The van der Waals surface area contributed by atoms with E-state index < -0.39 is 0 Å². The smallest absolute Gasteiger partial charge is 0.242 e. The lowest BCUT2D eigenvalue weighted by atomic mass is 10.0. The van der Waals surface area contributed by atoms with E-state index in [0.717, 1.165) is 17.1 Å². The van der Waals surface area contributed by atoms with Crippen molar-refractivity contribution >= 4 is 17.2 Å². The molecule has 0 unspecified atom stereocenters. The molecule has 0 radical (unpaired) electrons. The van der Waals surface area contributed by atoms with Crippen LogP contribution in [-0.4, -0.2) is 25.7 Å². The van der Waals surface area contributed by atoms with E-state index in [2.05, 4.69) is 31.8 Å². The number of pyridine rings is 1. The van der Waals surface area contributed by atoms with Crippen molar-refractivity contribution in [1.82, 2.24) is 25.1 Å². The van der Waals surface area contributed by atoms with E-state index in [1.165, 1.54) is 5.56 Å². The van der Waals surface area contributed by atoms with Crippen molar-refractivity contribution in [3.05, 3.63) is 63.6 Å². The third-order valence-corrected chi connectivity index (χ3v) is 4.72. The lowest BCUT2D eigenvalue weighted by Gasteiger charge is -2.20. The molecule has 25 heavy (non-hydrogen) atoms. The third kappa shape index (κ3) is 4.30. The number of rotatable bonds is 6. The van der Waals surface area contributed by atoms with E-state index in [9.17, 15) is 4.79 Å². The highest BCUT2D eigenvalue weighted by atomic mass is 32.1. The Morgan fingerprint density at radius 2 is 2.16 bits per heavy atom. The normalized spacial score (nSPS) is 12.1. The standard InChI is InChI=1S/C18H21N5OS/c1-12-5-4-7-19-18(12)16(9-15-6-8-25-11-15)21-17(24)10-23-14(3)20-13(2)22-23/h4-8,11,16H,9-10H2,1-3H3,(H,21,24)/t16-/m1/s1. The number of aryl methyl sites for hydroxylation is 3. The molecular formula is C18H21N5OS. The molecule has 0 fully saturated rings. The van der Waals surface area contributed by atoms with Crippen molar-refractivity contribution < 1.29 is 4.79 Å². The summed E-state index contributed by atoms with van der Waals surface area (Å²) in [6, 6.07) is 5.82. The number of thiophene rings is 1. The second kappa shape index (κ2) is 7.57. The van der Waals surface area contributed by atoms with Gasteiger partial charge in [-0.3, -0.25) is 9.78 Å². The number of nitrogens with one attached hydrogen (secondary N) is 1. The number of hydrogen-bond donors (Lipinski definition) is 1. The van der Waals surface area contributed by atoms with Crippen LogP contribution in [0.1, 0.15) is 34.5 Å². The largest absolute Gasteiger partial charge is 0.346 e.